The lowest BCUT2D eigenvalue weighted by atomic mass is 9.83. The average Bonchev–Trinajstić information content (AvgIpc) is 3.79. The number of rotatable bonds is 3. The van der Waals surface area contributed by atoms with Gasteiger partial charge in [0.2, 0.25) is 0 Å². The molecule has 0 aliphatic rings. The van der Waals surface area contributed by atoms with E-state index in [-0.39, 0.29) is 0 Å². The smallest absolute Gasteiger partial charge is 0.0368 e. The minimum absolute atomic E-state index is 1.23. The largest absolute Gasteiger partial charge is 0.135 e. The molecule has 0 bridgehead atoms. The highest BCUT2D eigenvalue weighted by molar-refractivity contribution is 7.26. The maximum atomic E-state index is 2.52. The van der Waals surface area contributed by atoms with Crippen LogP contribution in [0.25, 0.3) is 117 Å². The first kappa shape index (κ1) is 30.2. The van der Waals surface area contributed by atoms with Crippen molar-refractivity contribution >= 4 is 106 Å². The van der Waals surface area contributed by atoms with E-state index in [0.717, 1.165) is 0 Å². The van der Waals surface area contributed by atoms with Crippen LogP contribution in [0.3, 0.4) is 0 Å². The SMILES string of the molecule is c1ccc(-c2c3cccc(-c4c5ccccc5cc5sc6ccccc6c45)c3cc3c(-c4c5ccccc5cc5sc6ccccc6c45)cccc23)cc1. The fourth-order valence-corrected chi connectivity index (χ4v) is 11.5. The Balaban J connectivity index is 1.30. The van der Waals surface area contributed by atoms with Crippen molar-refractivity contribution in [3.8, 4) is 33.4 Å². The summed E-state index contributed by atoms with van der Waals surface area (Å²) in [6.45, 7) is 0. The van der Waals surface area contributed by atoms with Crippen LogP contribution in [-0.2, 0) is 0 Å². The van der Waals surface area contributed by atoms with Crippen molar-refractivity contribution in [1.29, 1.82) is 0 Å². The first-order valence-corrected chi connectivity index (χ1v) is 20.1. The molecule has 0 saturated carbocycles. The van der Waals surface area contributed by atoms with Crippen molar-refractivity contribution in [2.75, 3.05) is 0 Å². The predicted molar refractivity (Wildman–Crippen MR) is 239 cm³/mol. The molecular weight excluding hydrogens is 689 g/mol. The molecule has 54 heavy (non-hydrogen) atoms. The highest BCUT2D eigenvalue weighted by atomic mass is 32.1. The van der Waals surface area contributed by atoms with Crippen LogP contribution in [0, 0.1) is 0 Å². The molecule has 0 N–H and O–H groups in total. The summed E-state index contributed by atoms with van der Waals surface area (Å²) in [6, 6.07) is 68.0. The summed E-state index contributed by atoms with van der Waals surface area (Å²) < 4.78 is 5.30. The minimum Gasteiger partial charge on any atom is -0.135 e. The van der Waals surface area contributed by atoms with Crippen molar-refractivity contribution in [3.05, 3.63) is 182 Å². The van der Waals surface area contributed by atoms with Gasteiger partial charge < -0.3 is 0 Å². The molecule has 0 unspecified atom stereocenters. The average molecular weight is 719 g/mol. The fraction of sp³-hybridized carbons (Fsp3) is 0. The second-order valence-electron chi connectivity index (χ2n) is 14.3. The molecule has 0 amide bonds. The van der Waals surface area contributed by atoms with Gasteiger partial charge in [0.25, 0.3) is 0 Å². The molecular formula is C52H30S2. The van der Waals surface area contributed by atoms with E-state index >= 15 is 0 Å². The maximum absolute atomic E-state index is 2.52. The topological polar surface area (TPSA) is 0 Å². The second kappa shape index (κ2) is 11.6. The molecule has 2 aromatic heterocycles. The first-order chi connectivity index (χ1) is 26.8. The first-order valence-electron chi connectivity index (χ1n) is 18.5. The molecule has 0 atom stereocenters. The van der Waals surface area contributed by atoms with Crippen LogP contribution in [0.1, 0.15) is 0 Å². The van der Waals surface area contributed by atoms with E-state index in [1.165, 1.54) is 117 Å². The van der Waals surface area contributed by atoms with E-state index in [1.54, 1.807) is 0 Å². The molecule has 0 fully saturated rings. The van der Waals surface area contributed by atoms with Crippen molar-refractivity contribution in [2.45, 2.75) is 0 Å². The zero-order valence-corrected chi connectivity index (χ0v) is 30.8. The number of thiophene rings is 2. The summed E-state index contributed by atoms with van der Waals surface area (Å²) in [7, 11) is 0. The van der Waals surface area contributed by atoms with Crippen LogP contribution in [-0.4, -0.2) is 0 Å². The van der Waals surface area contributed by atoms with Crippen LogP contribution in [0.4, 0.5) is 0 Å². The Labute approximate surface area is 319 Å². The Kier molecular flexibility index (Phi) is 6.48. The molecule has 0 spiro atoms. The summed E-state index contributed by atoms with van der Waals surface area (Å²) in [5, 5.41) is 15.5. The molecule has 12 rings (SSSR count). The number of fused-ring (bicyclic) bond motifs is 10. The van der Waals surface area contributed by atoms with Gasteiger partial charge in [0, 0.05) is 40.3 Å². The Morgan fingerprint density at radius 3 is 1.20 bits per heavy atom. The summed E-state index contributed by atoms with van der Waals surface area (Å²) in [6.07, 6.45) is 0. The van der Waals surface area contributed by atoms with Crippen LogP contribution in [0.5, 0.6) is 0 Å². The van der Waals surface area contributed by atoms with Gasteiger partial charge in [-0.25, -0.2) is 0 Å². The Morgan fingerprint density at radius 2 is 0.685 bits per heavy atom. The molecule has 250 valence electrons. The third kappa shape index (κ3) is 4.30. The standard InChI is InChI=1S/C52H30S2/c1-2-14-31(15-3-1)48-36-22-12-24-38(49-34-18-6-4-16-32(34)28-46-51(49)40-20-8-10-26-44(40)53-46)42(36)30-43-37(48)23-13-25-39(43)50-35-19-7-5-17-33(35)29-47-52(50)41-21-9-11-27-45(41)54-47/h1-30H. The van der Waals surface area contributed by atoms with Crippen LogP contribution in [0.2, 0.25) is 0 Å². The lowest BCUT2D eigenvalue weighted by Crippen LogP contribution is -1.92. The highest BCUT2D eigenvalue weighted by Crippen LogP contribution is 2.51. The van der Waals surface area contributed by atoms with Crippen LogP contribution < -0.4 is 0 Å². The monoisotopic (exact) mass is 718 g/mol. The van der Waals surface area contributed by atoms with Gasteiger partial charge in [0.15, 0.2) is 0 Å². The molecule has 12 aromatic rings. The quantitative estimate of drug-likeness (QED) is 0.160. The van der Waals surface area contributed by atoms with Gasteiger partial charge in [-0.15, -0.1) is 22.7 Å². The number of hydrogen-bond donors (Lipinski definition) is 0. The van der Waals surface area contributed by atoms with Crippen molar-refractivity contribution in [1.82, 2.24) is 0 Å². The Morgan fingerprint density at radius 1 is 0.259 bits per heavy atom. The molecule has 0 nitrogen and oxygen atoms in total. The summed E-state index contributed by atoms with van der Waals surface area (Å²) in [5.74, 6) is 0. The zero-order chi connectivity index (χ0) is 35.3. The van der Waals surface area contributed by atoms with Gasteiger partial charge in [0.05, 0.1) is 0 Å². The molecule has 0 saturated heterocycles. The van der Waals surface area contributed by atoms with Crippen LogP contribution >= 0.6 is 22.7 Å². The van der Waals surface area contributed by atoms with Crippen molar-refractivity contribution < 1.29 is 0 Å². The zero-order valence-electron chi connectivity index (χ0n) is 29.1. The lowest BCUT2D eigenvalue weighted by molar-refractivity contribution is 1.67. The third-order valence-electron chi connectivity index (χ3n) is 11.4. The summed E-state index contributed by atoms with van der Waals surface area (Å²) in [4.78, 5) is 0. The third-order valence-corrected chi connectivity index (χ3v) is 13.7. The van der Waals surface area contributed by atoms with E-state index in [9.17, 15) is 0 Å². The van der Waals surface area contributed by atoms with Gasteiger partial charge >= 0.3 is 0 Å². The van der Waals surface area contributed by atoms with Crippen molar-refractivity contribution in [2.24, 2.45) is 0 Å². The summed E-state index contributed by atoms with van der Waals surface area (Å²) >= 11 is 3.80. The maximum Gasteiger partial charge on any atom is 0.0368 e. The van der Waals surface area contributed by atoms with Gasteiger partial charge in [-0.3, -0.25) is 0 Å². The predicted octanol–water partition coefficient (Wildman–Crippen LogP) is 16.0. The Hall–Kier alpha value is -6.32. The second-order valence-corrected chi connectivity index (χ2v) is 16.5. The normalized spacial score (nSPS) is 12.1. The molecule has 2 heteroatoms. The van der Waals surface area contributed by atoms with Gasteiger partial charge in [0.1, 0.15) is 0 Å². The summed E-state index contributed by atoms with van der Waals surface area (Å²) in [5.41, 5.74) is 7.70. The van der Waals surface area contributed by atoms with Gasteiger partial charge in [-0.05, 0) is 107 Å². The van der Waals surface area contributed by atoms with Crippen LogP contribution in [0.15, 0.2) is 182 Å². The molecule has 2 heterocycles. The van der Waals surface area contributed by atoms with E-state index in [4.69, 9.17) is 0 Å². The van der Waals surface area contributed by atoms with E-state index < -0.39 is 0 Å². The van der Waals surface area contributed by atoms with Gasteiger partial charge in [-0.2, -0.15) is 0 Å². The lowest BCUT2D eigenvalue weighted by Gasteiger charge is -2.19. The Bertz CT molecular complexity index is 3280. The molecule has 0 aliphatic carbocycles. The van der Waals surface area contributed by atoms with E-state index in [1.807, 2.05) is 22.7 Å². The minimum atomic E-state index is 1.23. The number of hydrogen-bond acceptors (Lipinski definition) is 2. The van der Waals surface area contributed by atoms with E-state index in [0.29, 0.717) is 0 Å². The molecule has 10 aromatic carbocycles. The molecule has 0 aliphatic heterocycles. The van der Waals surface area contributed by atoms with E-state index in [2.05, 4.69) is 182 Å². The van der Waals surface area contributed by atoms with Gasteiger partial charge in [-0.1, -0.05) is 152 Å². The fourth-order valence-electron chi connectivity index (χ4n) is 9.18. The molecule has 0 radical (unpaired) electrons. The van der Waals surface area contributed by atoms with Crippen molar-refractivity contribution in [3.63, 3.8) is 0 Å². The highest BCUT2D eigenvalue weighted by Gasteiger charge is 2.22. The number of benzene rings is 10.